The molecule has 2 aliphatic rings. The number of hydrogen-bond acceptors (Lipinski definition) is 2. The molecule has 0 unspecified atom stereocenters. The van der Waals surface area contributed by atoms with Crippen LogP contribution in [0.4, 0.5) is 4.79 Å². The van der Waals surface area contributed by atoms with Crippen LogP contribution in [0.2, 0.25) is 0 Å². The lowest BCUT2D eigenvalue weighted by molar-refractivity contribution is 0.173. The molecule has 1 heterocycles. The minimum Gasteiger partial charge on any atom is -0.497 e. The van der Waals surface area contributed by atoms with Gasteiger partial charge >= 0.3 is 6.03 Å². The van der Waals surface area contributed by atoms with Gasteiger partial charge in [-0.3, -0.25) is 0 Å². The van der Waals surface area contributed by atoms with Gasteiger partial charge in [0.05, 0.1) is 7.11 Å². The van der Waals surface area contributed by atoms with Gasteiger partial charge in [0.15, 0.2) is 0 Å². The SMILES string of the molecule is COc1ccc(C2(CNC(=O)N3CCC(C)CC3)CC2)cc1. The Balaban J connectivity index is 1.55. The second-order valence-corrected chi connectivity index (χ2v) is 6.84. The lowest BCUT2D eigenvalue weighted by Crippen LogP contribution is -2.46. The van der Waals surface area contributed by atoms with Crippen molar-refractivity contribution in [2.75, 3.05) is 26.7 Å². The number of piperidine rings is 1. The van der Waals surface area contributed by atoms with Crippen molar-refractivity contribution < 1.29 is 9.53 Å². The topological polar surface area (TPSA) is 41.6 Å². The molecule has 0 spiro atoms. The number of ether oxygens (including phenoxy) is 1. The first kappa shape index (κ1) is 15.2. The first-order valence-electron chi connectivity index (χ1n) is 8.30. The highest BCUT2D eigenvalue weighted by atomic mass is 16.5. The van der Waals surface area contributed by atoms with E-state index >= 15 is 0 Å². The Bertz CT molecular complexity index is 514. The van der Waals surface area contributed by atoms with E-state index < -0.39 is 0 Å². The van der Waals surface area contributed by atoms with Gasteiger partial charge in [-0.05, 0) is 49.3 Å². The zero-order valence-corrected chi connectivity index (χ0v) is 13.6. The fourth-order valence-electron chi connectivity index (χ4n) is 3.23. The number of nitrogens with zero attached hydrogens (tertiary/aromatic N) is 1. The summed E-state index contributed by atoms with van der Waals surface area (Å²) < 4.78 is 5.21. The molecule has 4 heteroatoms. The van der Waals surface area contributed by atoms with Crippen molar-refractivity contribution in [2.24, 2.45) is 5.92 Å². The average Bonchev–Trinajstić information content (AvgIpc) is 3.34. The number of methoxy groups -OCH3 is 1. The summed E-state index contributed by atoms with van der Waals surface area (Å²) >= 11 is 0. The molecule has 1 aliphatic carbocycles. The smallest absolute Gasteiger partial charge is 0.317 e. The maximum atomic E-state index is 12.3. The van der Waals surface area contributed by atoms with Gasteiger partial charge in [0.1, 0.15) is 5.75 Å². The van der Waals surface area contributed by atoms with E-state index in [0.29, 0.717) is 0 Å². The number of amides is 2. The van der Waals surface area contributed by atoms with Gasteiger partial charge in [-0.1, -0.05) is 19.1 Å². The molecule has 0 bridgehead atoms. The van der Waals surface area contributed by atoms with Crippen LogP contribution in [0.3, 0.4) is 0 Å². The van der Waals surface area contributed by atoms with Crippen LogP contribution in [0.25, 0.3) is 0 Å². The van der Waals surface area contributed by atoms with Gasteiger partial charge in [0.2, 0.25) is 0 Å². The molecule has 4 nitrogen and oxygen atoms in total. The minimum absolute atomic E-state index is 0.103. The van der Waals surface area contributed by atoms with Crippen LogP contribution in [-0.2, 0) is 5.41 Å². The van der Waals surface area contributed by atoms with E-state index in [1.54, 1.807) is 7.11 Å². The van der Waals surface area contributed by atoms with E-state index in [0.717, 1.165) is 57.0 Å². The van der Waals surface area contributed by atoms with Crippen molar-refractivity contribution in [3.63, 3.8) is 0 Å². The van der Waals surface area contributed by atoms with E-state index in [1.807, 2.05) is 17.0 Å². The Hall–Kier alpha value is -1.71. The van der Waals surface area contributed by atoms with Crippen molar-refractivity contribution >= 4 is 6.03 Å². The van der Waals surface area contributed by atoms with Crippen LogP contribution in [-0.4, -0.2) is 37.7 Å². The maximum Gasteiger partial charge on any atom is 0.317 e. The molecule has 0 atom stereocenters. The molecule has 1 saturated heterocycles. The number of carbonyl (C=O) groups is 1. The summed E-state index contributed by atoms with van der Waals surface area (Å²) in [5.74, 6) is 1.63. The van der Waals surface area contributed by atoms with Crippen molar-refractivity contribution in [1.29, 1.82) is 0 Å². The standard InChI is InChI=1S/C18H26N2O2/c1-14-7-11-20(12-8-14)17(21)19-13-18(9-10-18)15-3-5-16(22-2)6-4-15/h3-6,14H,7-13H2,1-2H3,(H,19,21). The molecule has 22 heavy (non-hydrogen) atoms. The third-order valence-electron chi connectivity index (χ3n) is 5.20. The highest BCUT2D eigenvalue weighted by Gasteiger charge is 2.44. The molecular weight excluding hydrogens is 276 g/mol. The summed E-state index contributed by atoms with van der Waals surface area (Å²) in [5.41, 5.74) is 1.45. The molecule has 2 fully saturated rings. The molecule has 0 radical (unpaired) electrons. The summed E-state index contributed by atoms with van der Waals surface area (Å²) in [6.45, 7) is 4.79. The second kappa shape index (κ2) is 6.19. The number of hydrogen-bond donors (Lipinski definition) is 1. The van der Waals surface area contributed by atoms with Gasteiger partial charge in [-0.15, -0.1) is 0 Å². The van der Waals surface area contributed by atoms with Crippen LogP contribution < -0.4 is 10.1 Å². The summed E-state index contributed by atoms with van der Waals surface area (Å²) in [6, 6.07) is 8.36. The molecule has 1 aliphatic heterocycles. The van der Waals surface area contributed by atoms with Crippen molar-refractivity contribution in [3.8, 4) is 5.75 Å². The van der Waals surface area contributed by atoms with Crippen LogP contribution >= 0.6 is 0 Å². The number of urea groups is 1. The first-order valence-corrected chi connectivity index (χ1v) is 8.30. The van der Waals surface area contributed by atoms with Crippen LogP contribution in [0.1, 0.15) is 38.2 Å². The minimum atomic E-state index is 0.103. The molecule has 1 N–H and O–H groups in total. The molecule has 120 valence electrons. The summed E-state index contributed by atoms with van der Waals surface area (Å²) in [7, 11) is 1.68. The van der Waals surface area contributed by atoms with Crippen LogP contribution in [0.15, 0.2) is 24.3 Å². The van der Waals surface area contributed by atoms with Crippen LogP contribution in [0.5, 0.6) is 5.75 Å². The Morgan fingerprint density at radius 1 is 1.27 bits per heavy atom. The zero-order valence-electron chi connectivity index (χ0n) is 13.6. The molecule has 2 amide bonds. The van der Waals surface area contributed by atoms with Gasteiger partial charge in [0, 0.05) is 25.0 Å². The fourth-order valence-corrected chi connectivity index (χ4v) is 3.23. The largest absolute Gasteiger partial charge is 0.497 e. The molecule has 3 rings (SSSR count). The molecule has 1 saturated carbocycles. The lowest BCUT2D eigenvalue weighted by atomic mass is 9.96. The third-order valence-corrected chi connectivity index (χ3v) is 5.20. The molecule has 1 aromatic rings. The summed E-state index contributed by atoms with van der Waals surface area (Å²) in [4.78, 5) is 14.3. The first-order chi connectivity index (χ1) is 10.6. The van der Waals surface area contributed by atoms with Crippen molar-refractivity contribution in [3.05, 3.63) is 29.8 Å². The van der Waals surface area contributed by atoms with Gasteiger partial charge in [-0.25, -0.2) is 4.79 Å². The predicted octanol–water partition coefficient (Wildman–Crippen LogP) is 3.17. The van der Waals surface area contributed by atoms with E-state index in [-0.39, 0.29) is 11.4 Å². The predicted molar refractivity (Wildman–Crippen MR) is 87.3 cm³/mol. The average molecular weight is 302 g/mol. The Morgan fingerprint density at radius 2 is 1.91 bits per heavy atom. The number of likely N-dealkylation sites (tertiary alicyclic amines) is 1. The number of benzene rings is 1. The molecule has 0 aromatic heterocycles. The van der Waals surface area contributed by atoms with E-state index in [9.17, 15) is 4.79 Å². The van der Waals surface area contributed by atoms with Gasteiger partial charge in [0.25, 0.3) is 0 Å². The zero-order chi connectivity index (χ0) is 15.6. The Kier molecular flexibility index (Phi) is 4.27. The molecular formula is C18H26N2O2. The van der Waals surface area contributed by atoms with E-state index in [1.165, 1.54) is 5.56 Å². The highest BCUT2D eigenvalue weighted by molar-refractivity contribution is 5.74. The Morgan fingerprint density at radius 3 is 2.45 bits per heavy atom. The normalized spacial score (nSPS) is 20.5. The maximum absolute atomic E-state index is 12.3. The van der Waals surface area contributed by atoms with E-state index in [2.05, 4.69) is 24.4 Å². The monoisotopic (exact) mass is 302 g/mol. The van der Waals surface area contributed by atoms with E-state index in [4.69, 9.17) is 4.74 Å². The van der Waals surface area contributed by atoms with Crippen LogP contribution in [0, 0.1) is 5.92 Å². The van der Waals surface area contributed by atoms with Crippen molar-refractivity contribution in [1.82, 2.24) is 10.2 Å². The molecule has 1 aromatic carbocycles. The quantitative estimate of drug-likeness (QED) is 0.928. The summed E-state index contributed by atoms with van der Waals surface area (Å²) in [6.07, 6.45) is 4.54. The third kappa shape index (κ3) is 3.21. The highest BCUT2D eigenvalue weighted by Crippen LogP contribution is 2.47. The number of nitrogens with one attached hydrogen (secondary N) is 1. The van der Waals surface area contributed by atoms with Crippen molar-refractivity contribution in [2.45, 2.75) is 38.0 Å². The fraction of sp³-hybridized carbons (Fsp3) is 0.611. The Labute approximate surface area is 132 Å². The number of rotatable bonds is 4. The lowest BCUT2D eigenvalue weighted by Gasteiger charge is -2.31. The van der Waals surface area contributed by atoms with Gasteiger partial charge < -0.3 is 15.0 Å². The van der Waals surface area contributed by atoms with Gasteiger partial charge in [-0.2, -0.15) is 0 Å². The second-order valence-electron chi connectivity index (χ2n) is 6.84. The number of carbonyl (C=O) groups excluding carboxylic acids is 1. The summed E-state index contributed by atoms with van der Waals surface area (Å²) in [5, 5.41) is 3.15.